The number of nitrogens with one attached hydrogen (secondary N) is 2. The van der Waals surface area contributed by atoms with E-state index in [1.165, 1.54) is 6.92 Å². The van der Waals surface area contributed by atoms with Crippen LogP contribution in [0.2, 0.25) is 0 Å². The molecule has 3 rings (SSSR count). The van der Waals surface area contributed by atoms with E-state index < -0.39 is 0 Å². The Morgan fingerprint density at radius 2 is 1.50 bits per heavy atom. The van der Waals surface area contributed by atoms with Crippen LogP contribution in [0.15, 0.2) is 84.0 Å². The lowest BCUT2D eigenvalue weighted by Gasteiger charge is -2.11. The highest BCUT2D eigenvalue weighted by Crippen LogP contribution is 2.27. The molecule has 0 bridgehead atoms. The van der Waals surface area contributed by atoms with Crippen LogP contribution in [0.1, 0.15) is 19.4 Å². The SMILES string of the molecule is CC(=O)Nc1ccc(/C(C)=N/OCC(=O)Nc2ccccc2-c2ccccc2)cc1. The van der Waals surface area contributed by atoms with Crippen LogP contribution >= 0.6 is 0 Å². The van der Waals surface area contributed by atoms with Crippen molar-refractivity contribution in [3.8, 4) is 11.1 Å². The molecule has 3 aromatic carbocycles. The summed E-state index contributed by atoms with van der Waals surface area (Å²) >= 11 is 0. The van der Waals surface area contributed by atoms with Crippen LogP contribution in [0, 0.1) is 0 Å². The molecule has 0 aliphatic heterocycles. The quantitative estimate of drug-likeness (QED) is 0.445. The minimum absolute atomic E-state index is 0.128. The van der Waals surface area contributed by atoms with Crippen molar-refractivity contribution >= 4 is 28.9 Å². The van der Waals surface area contributed by atoms with Crippen molar-refractivity contribution in [3.05, 3.63) is 84.4 Å². The van der Waals surface area contributed by atoms with E-state index in [0.717, 1.165) is 16.7 Å². The topological polar surface area (TPSA) is 79.8 Å². The molecule has 0 saturated heterocycles. The number of para-hydroxylation sites is 1. The highest BCUT2D eigenvalue weighted by atomic mass is 16.6. The van der Waals surface area contributed by atoms with E-state index in [4.69, 9.17) is 4.84 Å². The molecular formula is C24H23N3O3. The molecule has 152 valence electrons. The maximum atomic E-state index is 12.3. The maximum absolute atomic E-state index is 12.3. The fourth-order valence-electron chi connectivity index (χ4n) is 2.89. The largest absolute Gasteiger partial charge is 0.385 e. The minimum atomic E-state index is -0.295. The molecule has 0 aromatic heterocycles. The van der Waals surface area contributed by atoms with E-state index in [-0.39, 0.29) is 18.4 Å². The molecule has 2 amide bonds. The Balaban J connectivity index is 1.58. The fraction of sp³-hybridized carbons (Fsp3) is 0.125. The van der Waals surface area contributed by atoms with Crippen LogP contribution in [-0.4, -0.2) is 24.1 Å². The standard InChI is InChI=1S/C24H23N3O3/c1-17(19-12-14-21(15-13-19)25-18(2)28)27-30-16-24(29)26-23-11-7-6-10-22(23)20-8-4-3-5-9-20/h3-15H,16H2,1-2H3,(H,25,28)(H,26,29)/b27-17+. The van der Waals surface area contributed by atoms with Crippen molar-refractivity contribution in [3.63, 3.8) is 0 Å². The number of amides is 2. The smallest absolute Gasteiger partial charge is 0.265 e. The number of carbonyl (C=O) groups excluding carboxylic acids is 2. The predicted molar refractivity (Wildman–Crippen MR) is 119 cm³/mol. The molecule has 2 N–H and O–H groups in total. The zero-order valence-electron chi connectivity index (χ0n) is 16.9. The average molecular weight is 401 g/mol. The highest BCUT2D eigenvalue weighted by molar-refractivity contribution is 5.99. The van der Waals surface area contributed by atoms with Crippen LogP contribution in [0.25, 0.3) is 11.1 Å². The second kappa shape index (κ2) is 10.0. The van der Waals surface area contributed by atoms with Gasteiger partial charge in [-0.05, 0) is 36.2 Å². The van der Waals surface area contributed by atoms with Gasteiger partial charge in [0.1, 0.15) is 0 Å². The molecule has 3 aromatic rings. The van der Waals surface area contributed by atoms with Gasteiger partial charge in [0, 0.05) is 23.9 Å². The zero-order valence-corrected chi connectivity index (χ0v) is 16.9. The Bertz CT molecular complexity index is 1040. The molecule has 0 radical (unpaired) electrons. The summed E-state index contributed by atoms with van der Waals surface area (Å²) in [5, 5.41) is 9.60. The number of nitrogens with zero attached hydrogens (tertiary/aromatic N) is 1. The first-order chi connectivity index (χ1) is 14.5. The lowest BCUT2D eigenvalue weighted by atomic mass is 10.0. The van der Waals surface area contributed by atoms with Gasteiger partial charge in [-0.2, -0.15) is 0 Å². The molecule has 0 fully saturated rings. The zero-order chi connectivity index (χ0) is 21.3. The molecule has 30 heavy (non-hydrogen) atoms. The van der Waals surface area contributed by atoms with Gasteiger partial charge in [-0.3, -0.25) is 9.59 Å². The van der Waals surface area contributed by atoms with E-state index in [1.807, 2.05) is 66.7 Å². The first-order valence-corrected chi connectivity index (χ1v) is 9.52. The molecule has 0 saturated carbocycles. The van der Waals surface area contributed by atoms with Gasteiger partial charge in [-0.25, -0.2) is 0 Å². The van der Waals surface area contributed by atoms with Crippen LogP contribution in [0.5, 0.6) is 0 Å². The average Bonchev–Trinajstić information content (AvgIpc) is 2.75. The van der Waals surface area contributed by atoms with Crippen LogP contribution in [0.3, 0.4) is 0 Å². The lowest BCUT2D eigenvalue weighted by molar-refractivity contribution is -0.120. The third kappa shape index (κ3) is 5.78. The van der Waals surface area contributed by atoms with Crippen LogP contribution < -0.4 is 10.6 Å². The van der Waals surface area contributed by atoms with Crippen molar-refractivity contribution in [1.29, 1.82) is 0 Å². The summed E-state index contributed by atoms with van der Waals surface area (Å²) in [5.41, 5.74) is 4.83. The first kappa shape index (κ1) is 20.8. The Labute approximate surface area is 175 Å². The lowest BCUT2D eigenvalue weighted by Crippen LogP contribution is -2.17. The Hall–Kier alpha value is -3.93. The van der Waals surface area contributed by atoms with Gasteiger partial charge in [0.2, 0.25) is 5.91 Å². The number of carbonyl (C=O) groups is 2. The van der Waals surface area contributed by atoms with Crippen molar-refractivity contribution in [2.24, 2.45) is 5.16 Å². The second-order valence-electron chi connectivity index (χ2n) is 6.67. The Kier molecular flexibility index (Phi) is 6.95. The molecule has 0 aliphatic rings. The second-order valence-corrected chi connectivity index (χ2v) is 6.67. The molecule has 0 heterocycles. The van der Waals surface area contributed by atoms with E-state index in [2.05, 4.69) is 15.8 Å². The Morgan fingerprint density at radius 3 is 2.20 bits per heavy atom. The molecule has 6 heteroatoms. The molecule has 0 aliphatic carbocycles. The number of oxime groups is 1. The molecule has 0 spiro atoms. The molecule has 0 atom stereocenters. The van der Waals surface area contributed by atoms with Crippen LogP contribution in [0.4, 0.5) is 11.4 Å². The number of hydrogen-bond acceptors (Lipinski definition) is 4. The van der Waals surface area contributed by atoms with E-state index in [0.29, 0.717) is 17.1 Å². The van der Waals surface area contributed by atoms with Gasteiger partial charge in [-0.1, -0.05) is 65.8 Å². The fourth-order valence-corrected chi connectivity index (χ4v) is 2.89. The number of anilines is 2. The molecule has 0 unspecified atom stereocenters. The van der Waals surface area contributed by atoms with Gasteiger partial charge in [0.15, 0.2) is 6.61 Å². The summed E-state index contributed by atoms with van der Waals surface area (Å²) < 4.78 is 0. The van der Waals surface area contributed by atoms with Gasteiger partial charge in [0.05, 0.1) is 5.71 Å². The normalized spacial score (nSPS) is 10.9. The summed E-state index contributed by atoms with van der Waals surface area (Å²) in [5.74, 6) is -0.424. The molecular weight excluding hydrogens is 378 g/mol. The molecule has 6 nitrogen and oxygen atoms in total. The number of rotatable bonds is 7. The van der Waals surface area contributed by atoms with Gasteiger partial charge >= 0.3 is 0 Å². The maximum Gasteiger partial charge on any atom is 0.265 e. The van der Waals surface area contributed by atoms with Crippen molar-refractivity contribution in [2.75, 3.05) is 17.2 Å². The van der Waals surface area contributed by atoms with E-state index >= 15 is 0 Å². The van der Waals surface area contributed by atoms with Crippen molar-refractivity contribution < 1.29 is 14.4 Å². The van der Waals surface area contributed by atoms with Crippen molar-refractivity contribution in [1.82, 2.24) is 0 Å². The highest BCUT2D eigenvalue weighted by Gasteiger charge is 2.09. The summed E-state index contributed by atoms with van der Waals surface area (Å²) in [6.45, 7) is 3.04. The van der Waals surface area contributed by atoms with Crippen molar-refractivity contribution in [2.45, 2.75) is 13.8 Å². The van der Waals surface area contributed by atoms with E-state index in [9.17, 15) is 9.59 Å². The third-order valence-electron chi connectivity index (χ3n) is 4.31. The number of benzene rings is 3. The Morgan fingerprint density at radius 1 is 0.833 bits per heavy atom. The minimum Gasteiger partial charge on any atom is -0.385 e. The van der Waals surface area contributed by atoms with Gasteiger partial charge in [-0.15, -0.1) is 0 Å². The van der Waals surface area contributed by atoms with E-state index in [1.54, 1.807) is 19.1 Å². The number of hydrogen-bond donors (Lipinski definition) is 2. The summed E-state index contributed by atoms with van der Waals surface area (Å²) in [4.78, 5) is 28.6. The summed E-state index contributed by atoms with van der Waals surface area (Å²) in [6, 6.07) is 24.7. The van der Waals surface area contributed by atoms with Gasteiger partial charge < -0.3 is 15.5 Å². The monoisotopic (exact) mass is 401 g/mol. The third-order valence-corrected chi connectivity index (χ3v) is 4.31. The van der Waals surface area contributed by atoms with Gasteiger partial charge in [0.25, 0.3) is 5.91 Å². The van der Waals surface area contributed by atoms with Crippen LogP contribution in [-0.2, 0) is 14.4 Å². The first-order valence-electron chi connectivity index (χ1n) is 9.52. The summed E-state index contributed by atoms with van der Waals surface area (Å²) in [7, 11) is 0. The predicted octanol–water partition coefficient (Wildman–Crippen LogP) is 4.69. The summed E-state index contributed by atoms with van der Waals surface area (Å²) in [6.07, 6.45) is 0.